The summed E-state index contributed by atoms with van der Waals surface area (Å²) >= 11 is 0. The van der Waals surface area contributed by atoms with E-state index in [9.17, 15) is 4.79 Å². The van der Waals surface area contributed by atoms with Crippen LogP contribution in [0.25, 0.3) is 0 Å². The van der Waals surface area contributed by atoms with Crippen LogP contribution in [0.3, 0.4) is 0 Å². The number of carbonyl (C=O) groups is 1. The van der Waals surface area contributed by atoms with Crippen molar-refractivity contribution in [2.75, 3.05) is 6.61 Å². The molecule has 0 aliphatic rings. The van der Waals surface area contributed by atoms with Crippen LogP contribution in [0.2, 0.25) is 0 Å². The number of carbonyl (C=O) groups excluding carboxylic acids is 1. The Morgan fingerprint density at radius 1 is 0.900 bits per heavy atom. The topological polar surface area (TPSA) is 61.3 Å². The predicted octanol–water partition coefficient (Wildman–Crippen LogP) is 5.15. The fraction of sp³-hybridized carbons (Fsp3) is 0.588. The summed E-state index contributed by atoms with van der Waals surface area (Å²) in [6.07, 6.45) is 10.1. The molecule has 3 N–H and O–H groups in total. The van der Waals surface area contributed by atoms with E-state index in [1.54, 1.807) is 12.1 Å². The SMILES string of the molecule is CCCCCCCCCCOC(=O)c1ccccc1.N. The molecule has 20 heavy (non-hydrogen) atoms. The van der Waals surface area contributed by atoms with E-state index in [0.29, 0.717) is 12.2 Å². The number of benzene rings is 1. The molecular formula is C17H29NO2. The van der Waals surface area contributed by atoms with Crippen molar-refractivity contribution in [1.29, 1.82) is 0 Å². The van der Waals surface area contributed by atoms with E-state index >= 15 is 0 Å². The van der Waals surface area contributed by atoms with E-state index < -0.39 is 0 Å². The second kappa shape index (κ2) is 12.7. The van der Waals surface area contributed by atoms with Gasteiger partial charge in [0, 0.05) is 0 Å². The van der Waals surface area contributed by atoms with Gasteiger partial charge in [0.1, 0.15) is 0 Å². The van der Waals surface area contributed by atoms with Crippen molar-refractivity contribution >= 4 is 5.97 Å². The van der Waals surface area contributed by atoms with Gasteiger partial charge in [0.2, 0.25) is 0 Å². The van der Waals surface area contributed by atoms with Gasteiger partial charge in [-0.2, -0.15) is 0 Å². The van der Waals surface area contributed by atoms with Crippen LogP contribution < -0.4 is 6.15 Å². The Morgan fingerprint density at radius 2 is 1.45 bits per heavy atom. The fourth-order valence-electron chi connectivity index (χ4n) is 2.06. The zero-order valence-electron chi connectivity index (χ0n) is 12.8. The Kier molecular flexibility index (Phi) is 11.8. The van der Waals surface area contributed by atoms with Crippen LogP contribution in [0.4, 0.5) is 0 Å². The molecule has 0 unspecified atom stereocenters. The highest BCUT2D eigenvalue weighted by atomic mass is 16.5. The smallest absolute Gasteiger partial charge is 0.338 e. The third kappa shape index (κ3) is 8.70. The van der Waals surface area contributed by atoms with Gasteiger partial charge < -0.3 is 10.9 Å². The molecule has 0 radical (unpaired) electrons. The lowest BCUT2D eigenvalue weighted by atomic mass is 10.1. The summed E-state index contributed by atoms with van der Waals surface area (Å²) in [6.45, 7) is 2.78. The van der Waals surface area contributed by atoms with Gasteiger partial charge in [0.25, 0.3) is 0 Å². The Balaban J connectivity index is 0.00000361. The molecule has 0 amide bonds. The zero-order chi connectivity index (χ0) is 13.8. The molecule has 1 rings (SSSR count). The summed E-state index contributed by atoms with van der Waals surface area (Å²) in [4.78, 5) is 11.6. The van der Waals surface area contributed by atoms with Crippen molar-refractivity contribution in [1.82, 2.24) is 6.15 Å². The molecule has 1 aromatic carbocycles. The Morgan fingerprint density at radius 3 is 2.05 bits per heavy atom. The highest BCUT2D eigenvalue weighted by Crippen LogP contribution is 2.09. The van der Waals surface area contributed by atoms with Crippen molar-refractivity contribution in [3.05, 3.63) is 35.9 Å². The van der Waals surface area contributed by atoms with Crippen molar-refractivity contribution < 1.29 is 9.53 Å². The Labute approximate surface area is 123 Å². The molecule has 0 saturated heterocycles. The summed E-state index contributed by atoms with van der Waals surface area (Å²) in [7, 11) is 0. The number of rotatable bonds is 10. The van der Waals surface area contributed by atoms with Gasteiger partial charge in [-0.3, -0.25) is 0 Å². The van der Waals surface area contributed by atoms with E-state index in [4.69, 9.17) is 4.74 Å². The minimum Gasteiger partial charge on any atom is -0.462 e. The largest absolute Gasteiger partial charge is 0.462 e. The molecule has 1 aromatic rings. The van der Waals surface area contributed by atoms with Crippen LogP contribution in [0.15, 0.2) is 30.3 Å². The van der Waals surface area contributed by atoms with Crippen LogP contribution >= 0.6 is 0 Å². The lowest BCUT2D eigenvalue weighted by Crippen LogP contribution is -2.06. The number of unbranched alkanes of at least 4 members (excludes halogenated alkanes) is 7. The van der Waals surface area contributed by atoms with Gasteiger partial charge in [0.15, 0.2) is 0 Å². The molecule has 0 aliphatic carbocycles. The highest BCUT2D eigenvalue weighted by Gasteiger charge is 2.04. The molecule has 3 nitrogen and oxygen atoms in total. The third-order valence-electron chi connectivity index (χ3n) is 3.24. The molecule has 3 heteroatoms. The standard InChI is InChI=1S/C17H26O2.H3N/c1-2-3-4-5-6-7-8-12-15-19-17(18)16-13-10-9-11-14-16;/h9-11,13-14H,2-8,12,15H2,1H3;1H3. The molecule has 0 bridgehead atoms. The van der Waals surface area contributed by atoms with Gasteiger partial charge >= 0.3 is 5.97 Å². The van der Waals surface area contributed by atoms with E-state index in [1.807, 2.05) is 18.2 Å². The van der Waals surface area contributed by atoms with Crippen LogP contribution in [0.5, 0.6) is 0 Å². The van der Waals surface area contributed by atoms with E-state index in [1.165, 1.54) is 38.5 Å². The minimum atomic E-state index is -0.205. The zero-order valence-corrected chi connectivity index (χ0v) is 12.8. The lowest BCUT2D eigenvalue weighted by Gasteiger charge is -2.04. The van der Waals surface area contributed by atoms with Crippen molar-refractivity contribution in [2.24, 2.45) is 0 Å². The maximum Gasteiger partial charge on any atom is 0.338 e. The van der Waals surface area contributed by atoms with E-state index in [2.05, 4.69) is 6.92 Å². The number of hydrogen-bond donors (Lipinski definition) is 1. The normalized spacial score (nSPS) is 9.85. The van der Waals surface area contributed by atoms with Crippen LogP contribution in [-0.2, 0) is 4.74 Å². The fourth-order valence-corrected chi connectivity index (χ4v) is 2.06. The van der Waals surface area contributed by atoms with Crippen molar-refractivity contribution in [2.45, 2.75) is 58.3 Å². The summed E-state index contributed by atoms with van der Waals surface area (Å²) < 4.78 is 5.23. The van der Waals surface area contributed by atoms with Crippen LogP contribution in [-0.4, -0.2) is 12.6 Å². The summed E-state index contributed by atoms with van der Waals surface area (Å²) in [5, 5.41) is 0. The van der Waals surface area contributed by atoms with Crippen molar-refractivity contribution in [3.8, 4) is 0 Å². The quantitative estimate of drug-likeness (QED) is 0.476. The second-order valence-electron chi connectivity index (χ2n) is 4.98. The molecular weight excluding hydrogens is 250 g/mol. The van der Waals surface area contributed by atoms with Crippen LogP contribution in [0, 0.1) is 0 Å². The monoisotopic (exact) mass is 279 g/mol. The molecule has 114 valence electrons. The molecule has 0 fully saturated rings. The second-order valence-corrected chi connectivity index (χ2v) is 4.98. The first-order valence-electron chi connectivity index (χ1n) is 7.56. The first-order chi connectivity index (χ1) is 9.34. The van der Waals surface area contributed by atoms with Gasteiger partial charge in [-0.05, 0) is 18.6 Å². The first kappa shape index (κ1) is 18.7. The summed E-state index contributed by atoms with van der Waals surface area (Å²) in [5.74, 6) is -0.205. The average Bonchev–Trinajstić information content (AvgIpc) is 2.46. The maximum atomic E-state index is 11.6. The number of esters is 1. The molecule has 0 spiro atoms. The minimum absolute atomic E-state index is 0. The van der Waals surface area contributed by atoms with Crippen LogP contribution in [0.1, 0.15) is 68.6 Å². The average molecular weight is 279 g/mol. The van der Waals surface area contributed by atoms with Gasteiger partial charge in [-0.1, -0.05) is 70.1 Å². The number of hydrogen-bond acceptors (Lipinski definition) is 3. The van der Waals surface area contributed by atoms with Gasteiger partial charge in [-0.15, -0.1) is 0 Å². The third-order valence-corrected chi connectivity index (χ3v) is 3.24. The Bertz CT molecular complexity index is 338. The van der Waals surface area contributed by atoms with Gasteiger partial charge in [0.05, 0.1) is 12.2 Å². The highest BCUT2D eigenvalue weighted by molar-refractivity contribution is 5.89. The number of ether oxygens (including phenoxy) is 1. The molecule has 0 aliphatic heterocycles. The molecule has 0 atom stereocenters. The van der Waals surface area contributed by atoms with E-state index in [0.717, 1.165) is 12.8 Å². The molecule has 0 saturated carbocycles. The van der Waals surface area contributed by atoms with Crippen molar-refractivity contribution in [3.63, 3.8) is 0 Å². The molecule has 0 aromatic heterocycles. The maximum absolute atomic E-state index is 11.6. The van der Waals surface area contributed by atoms with Gasteiger partial charge in [-0.25, -0.2) is 4.79 Å². The molecule has 0 heterocycles. The van der Waals surface area contributed by atoms with E-state index in [-0.39, 0.29) is 12.1 Å². The lowest BCUT2D eigenvalue weighted by molar-refractivity contribution is 0.0497. The summed E-state index contributed by atoms with van der Waals surface area (Å²) in [6, 6.07) is 9.18. The predicted molar refractivity (Wildman–Crippen MR) is 84.4 cm³/mol. The summed E-state index contributed by atoms with van der Waals surface area (Å²) in [5.41, 5.74) is 0.641. The Hall–Kier alpha value is -1.35. The first-order valence-corrected chi connectivity index (χ1v) is 7.56.